The molecule has 0 bridgehead atoms. The van der Waals surface area contributed by atoms with Crippen LogP contribution in [-0.4, -0.2) is 17.2 Å². The molecule has 0 fully saturated rings. The minimum atomic E-state index is -0.289. The Bertz CT molecular complexity index is 496. The largest absolute Gasteiger partial charge is 0.337 e. The van der Waals surface area contributed by atoms with Gasteiger partial charge >= 0.3 is 0 Å². The zero-order valence-electron chi connectivity index (χ0n) is 10.8. The van der Waals surface area contributed by atoms with Gasteiger partial charge in [-0.3, -0.25) is 0 Å². The molecule has 0 atom stereocenters. The second-order valence-corrected chi connectivity index (χ2v) is 5.54. The zero-order valence-corrected chi connectivity index (χ0v) is 11.6. The zero-order chi connectivity index (χ0) is 13.0. The van der Waals surface area contributed by atoms with Crippen molar-refractivity contribution in [1.82, 2.24) is 15.5 Å². The van der Waals surface area contributed by atoms with E-state index in [9.17, 15) is 0 Å². The van der Waals surface area contributed by atoms with Gasteiger partial charge in [-0.15, -0.1) is 11.8 Å². The molecule has 0 amide bonds. The molecule has 1 N–H and O–H groups in total. The highest BCUT2D eigenvalue weighted by Crippen LogP contribution is 2.23. The molecule has 96 valence electrons. The maximum atomic E-state index is 5.27. The van der Waals surface area contributed by atoms with E-state index in [1.807, 2.05) is 39.1 Å². The van der Waals surface area contributed by atoms with Crippen molar-refractivity contribution in [3.63, 3.8) is 0 Å². The van der Waals surface area contributed by atoms with E-state index in [2.05, 4.69) is 27.6 Å². The fraction of sp³-hybridized carbons (Fsp3) is 0.385. The summed E-state index contributed by atoms with van der Waals surface area (Å²) in [6.45, 7) is 4.02. The molecule has 0 aliphatic rings. The van der Waals surface area contributed by atoms with Gasteiger partial charge in [-0.2, -0.15) is 4.98 Å². The third-order valence-corrected chi connectivity index (χ3v) is 3.75. The van der Waals surface area contributed by atoms with Gasteiger partial charge in [-0.05, 0) is 33.0 Å². The Balaban J connectivity index is 1.99. The first-order valence-electron chi connectivity index (χ1n) is 5.81. The lowest BCUT2D eigenvalue weighted by Crippen LogP contribution is -2.33. The van der Waals surface area contributed by atoms with Crippen LogP contribution < -0.4 is 5.32 Å². The Morgan fingerprint density at radius 1 is 1.28 bits per heavy atom. The second-order valence-electron chi connectivity index (χ2n) is 4.49. The van der Waals surface area contributed by atoms with Crippen molar-refractivity contribution < 1.29 is 4.52 Å². The van der Waals surface area contributed by atoms with E-state index in [0.717, 1.165) is 5.82 Å². The van der Waals surface area contributed by atoms with Crippen LogP contribution >= 0.6 is 11.8 Å². The standard InChI is InChI=1S/C13H17N3OS/c1-13(2,14-3)12-15-11(16-17-12)9-18-10-7-5-4-6-8-10/h4-8,14H,9H2,1-3H3. The predicted molar refractivity (Wildman–Crippen MR) is 72.4 cm³/mol. The van der Waals surface area contributed by atoms with Crippen LogP contribution in [0, 0.1) is 0 Å². The highest BCUT2D eigenvalue weighted by molar-refractivity contribution is 7.98. The smallest absolute Gasteiger partial charge is 0.246 e. The predicted octanol–water partition coefficient (Wildman–Crippen LogP) is 2.82. The Morgan fingerprint density at radius 3 is 2.67 bits per heavy atom. The maximum Gasteiger partial charge on any atom is 0.246 e. The van der Waals surface area contributed by atoms with E-state index in [-0.39, 0.29) is 5.54 Å². The Hall–Kier alpha value is -1.33. The summed E-state index contributed by atoms with van der Waals surface area (Å²) >= 11 is 1.70. The van der Waals surface area contributed by atoms with Crippen LogP contribution in [0.15, 0.2) is 39.8 Å². The Labute approximate surface area is 111 Å². The average Bonchev–Trinajstić information content (AvgIpc) is 2.87. The van der Waals surface area contributed by atoms with Crippen LogP contribution in [-0.2, 0) is 11.3 Å². The summed E-state index contributed by atoms with van der Waals surface area (Å²) in [5, 5.41) is 7.14. The van der Waals surface area contributed by atoms with Crippen molar-refractivity contribution in [2.24, 2.45) is 0 Å². The monoisotopic (exact) mass is 263 g/mol. The van der Waals surface area contributed by atoms with E-state index < -0.39 is 0 Å². The minimum absolute atomic E-state index is 0.289. The normalized spacial score (nSPS) is 11.7. The van der Waals surface area contributed by atoms with Gasteiger partial charge in [-0.25, -0.2) is 0 Å². The average molecular weight is 263 g/mol. The van der Waals surface area contributed by atoms with Crippen molar-refractivity contribution in [1.29, 1.82) is 0 Å². The van der Waals surface area contributed by atoms with Crippen LogP contribution in [0.3, 0.4) is 0 Å². The maximum absolute atomic E-state index is 5.27. The number of nitrogens with one attached hydrogen (secondary N) is 1. The fourth-order valence-corrected chi connectivity index (χ4v) is 2.10. The van der Waals surface area contributed by atoms with Gasteiger partial charge in [0.25, 0.3) is 0 Å². The third kappa shape index (κ3) is 3.11. The molecule has 1 heterocycles. The number of benzene rings is 1. The first-order valence-corrected chi connectivity index (χ1v) is 6.80. The van der Waals surface area contributed by atoms with Crippen LogP contribution in [0.1, 0.15) is 25.6 Å². The second kappa shape index (κ2) is 5.54. The van der Waals surface area contributed by atoms with Crippen LogP contribution in [0.4, 0.5) is 0 Å². The lowest BCUT2D eigenvalue weighted by atomic mass is 10.1. The number of nitrogens with zero attached hydrogens (tertiary/aromatic N) is 2. The van der Waals surface area contributed by atoms with Gasteiger partial charge in [0, 0.05) is 4.90 Å². The molecule has 2 rings (SSSR count). The molecule has 4 nitrogen and oxygen atoms in total. The summed E-state index contributed by atoms with van der Waals surface area (Å²) in [6.07, 6.45) is 0. The summed E-state index contributed by atoms with van der Waals surface area (Å²) in [5.41, 5.74) is -0.289. The lowest BCUT2D eigenvalue weighted by molar-refractivity contribution is 0.280. The number of rotatable bonds is 5. The van der Waals surface area contributed by atoms with Crippen LogP contribution in [0.5, 0.6) is 0 Å². The number of hydrogen-bond acceptors (Lipinski definition) is 5. The van der Waals surface area contributed by atoms with Crippen molar-refractivity contribution in [2.75, 3.05) is 7.05 Å². The molecule has 0 saturated carbocycles. The van der Waals surface area contributed by atoms with E-state index in [1.54, 1.807) is 11.8 Å². The summed E-state index contributed by atoms with van der Waals surface area (Å²) in [6, 6.07) is 10.2. The van der Waals surface area contributed by atoms with Gasteiger partial charge in [0.2, 0.25) is 5.89 Å². The fourth-order valence-electron chi connectivity index (χ4n) is 1.34. The summed E-state index contributed by atoms with van der Waals surface area (Å²) in [5.74, 6) is 2.06. The van der Waals surface area contributed by atoms with Gasteiger partial charge in [0.15, 0.2) is 5.82 Å². The number of thioether (sulfide) groups is 1. The highest BCUT2D eigenvalue weighted by Gasteiger charge is 2.25. The Kier molecular flexibility index (Phi) is 4.04. The first-order chi connectivity index (χ1) is 8.62. The van der Waals surface area contributed by atoms with Crippen molar-refractivity contribution in [3.05, 3.63) is 42.0 Å². The van der Waals surface area contributed by atoms with Gasteiger partial charge in [0.1, 0.15) is 0 Å². The van der Waals surface area contributed by atoms with Crippen molar-refractivity contribution >= 4 is 11.8 Å². The molecule has 0 aliphatic heterocycles. The first kappa shape index (κ1) is 13.1. The topological polar surface area (TPSA) is 51.0 Å². The molecule has 0 radical (unpaired) electrons. The molecule has 1 aromatic heterocycles. The molecule has 0 spiro atoms. The van der Waals surface area contributed by atoms with Crippen LogP contribution in [0.25, 0.3) is 0 Å². The summed E-state index contributed by atoms with van der Waals surface area (Å²) < 4.78 is 5.27. The van der Waals surface area contributed by atoms with Crippen LogP contribution in [0.2, 0.25) is 0 Å². The minimum Gasteiger partial charge on any atom is -0.337 e. The number of aromatic nitrogens is 2. The van der Waals surface area contributed by atoms with E-state index in [1.165, 1.54) is 4.90 Å². The van der Waals surface area contributed by atoms with E-state index >= 15 is 0 Å². The molecular formula is C13H17N3OS. The van der Waals surface area contributed by atoms with Gasteiger partial charge in [0.05, 0.1) is 11.3 Å². The lowest BCUT2D eigenvalue weighted by Gasteiger charge is -2.17. The SMILES string of the molecule is CNC(C)(C)c1nc(CSc2ccccc2)no1. The highest BCUT2D eigenvalue weighted by atomic mass is 32.2. The molecular weight excluding hydrogens is 246 g/mol. The molecule has 0 aliphatic carbocycles. The van der Waals surface area contributed by atoms with Crippen molar-refractivity contribution in [2.45, 2.75) is 30.0 Å². The van der Waals surface area contributed by atoms with Crippen molar-refractivity contribution in [3.8, 4) is 0 Å². The third-order valence-electron chi connectivity index (χ3n) is 2.74. The molecule has 2 aromatic rings. The van der Waals surface area contributed by atoms with E-state index in [0.29, 0.717) is 11.6 Å². The van der Waals surface area contributed by atoms with Gasteiger partial charge < -0.3 is 9.84 Å². The molecule has 0 saturated heterocycles. The quantitative estimate of drug-likeness (QED) is 0.841. The van der Waals surface area contributed by atoms with Gasteiger partial charge in [-0.1, -0.05) is 23.4 Å². The molecule has 18 heavy (non-hydrogen) atoms. The molecule has 0 unspecified atom stereocenters. The number of hydrogen-bond donors (Lipinski definition) is 1. The summed E-state index contributed by atoms with van der Waals surface area (Å²) in [7, 11) is 1.88. The summed E-state index contributed by atoms with van der Waals surface area (Å²) in [4.78, 5) is 5.61. The van der Waals surface area contributed by atoms with E-state index in [4.69, 9.17) is 4.52 Å². The molecule has 5 heteroatoms. The molecule has 1 aromatic carbocycles. The Morgan fingerprint density at radius 2 is 2.00 bits per heavy atom.